The second kappa shape index (κ2) is 4.44. The number of nitrogens with one attached hydrogen (secondary N) is 1. The molecule has 0 aliphatic carbocycles. The van der Waals surface area contributed by atoms with Crippen molar-refractivity contribution >= 4 is 11.9 Å². The van der Waals surface area contributed by atoms with Crippen LogP contribution in [0.25, 0.3) is 0 Å². The van der Waals surface area contributed by atoms with Crippen molar-refractivity contribution in [3.8, 4) is 0 Å². The van der Waals surface area contributed by atoms with Crippen LogP contribution in [0, 0.1) is 5.92 Å². The van der Waals surface area contributed by atoms with E-state index in [-0.39, 0.29) is 23.9 Å². The van der Waals surface area contributed by atoms with E-state index in [2.05, 4.69) is 5.32 Å². The van der Waals surface area contributed by atoms with Crippen LogP contribution in [0.15, 0.2) is 0 Å². The third-order valence-corrected chi connectivity index (χ3v) is 2.46. The van der Waals surface area contributed by atoms with E-state index in [0.29, 0.717) is 6.54 Å². The number of amides is 3. The maximum atomic E-state index is 11.8. The Balaban J connectivity index is 2.72. The van der Waals surface area contributed by atoms with E-state index in [1.165, 1.54) is 4.90 Å². The fraction of sp³-hybridized carbons (Fsp3) is 0.800. The highest BCUT2D eigenvalue weighted by atomic mass is 16.2. The standard InChI is InChI=1S/C10H18N2O2/c1-4-5-8-6-11-10(14)12(7(2)3)9(8)13/h7-8H,4-6H2,1-3H3,(H,11,14). The third kappa shape index (κ3) is 2.05. The van der Waals surface area contributed by atoms with Crippen molar-refractivity contribution in [1.29, 1.82) is 0 Å². The Hall–Kier alpha value is -1.06. The predicted molar refractivity (Wildman–Crippen MR) is 53.8 cm³/mol. The molecule has 0 saturated carbocycles. The van der Waals surface area contributed by atoms with Crippen LogP contribution in [0.4, 0.5) is 4.79 Å². The fourth-order valence-electron chi connectivity index (χ4n) is 1.74. The lowest BCUT2D eigenvalue weighted by Crippen LogP contribution is -2.57. The van der Waals surface area contributed by atoms with Crippen molar-refractivity contribution in [2.45, 2.75) is 39.7 Å². The number of carbonyl (C=O) groups is 2. The van der Waals surface area contributed by atoms with Gasteiger partial charge in [-0.1, -0.05) is 13.3 Å². The van der Waals surface area contributed by atoms with Gasteiger partial charge in [0.25, 0.3) is 0 Å². The van der Waals surface area contributed by atoms with E-state index in [1.54, 1.807) is 0 Å². The van der Waals surface area contributed by atoms with Crippen molar-refractivity contribution in [2.75, 3.05) is 6.54 Å². The zero-order valence-electron chi connectivity index (χ0n) is 9.04. The minimum atomic E-state index is -0.252. The Kier molecular flexibility index (Phi) is 3.49. The van der Waals surface area contributed by atoms with Crippen LogP contribution in [0.2, 0.25) is 0 Å². The van der Waals surface area contributed by atoms with E-state index in [4.69, 9.17) is 0 Å². The molecule has 4 heteroatoms. The van der Waals surface area contributed by atoms with Crippen molar-refractivity contribution < 1.29 is 9.59 Å². The predicted octanol–water partition coefficient (Wildman–Crippen LogP) is 1.36. The molecule has 1 fully saturated rings. The molecule has 0 bridgehead atoms. The SMILES string of the molecule is CCCC1CNC(=O)N(C(C)C)C1=O. The molecule has 1 heterocycles. The van der Waals surface area contributed by atoms with Gasteiger partial charge in [0.1, 0.15) is 0 Å². The maximum absolute atomic E-state index is 11.8. The summed E-state index contributed by atoms with van der Waals surface area (Å²) in [7, 11) is 0. The molecule has 0 radical (unpaired) electrons. The van der Waals surface area contributed by atoms with E-state index in [9.17, 15) is 9.59 Å². The molecular formula is C10H18N2O2. The summed E-state index contributed by atoms with van der Waals surface area (Å²) in [6.07, 6.45) is 1.82. The number of urea groups is 1. The van der Waals surface area contributed by atoms with Gasteiger partial charge in [-0.15, -0.1) is 0 Å². The molecule has 14 heavy (non-hydrogen) atoms. The van der Waals surface area contributed by atoms with Gasteiger partial charge in [-0.25, -0.2) is 4.79 Å². The van der Waals surface area contributed by atoms with Gasteiger partial charge in [-0.3, -0.25) is 9.69 Å². The highest BCUT2D eigenvalue weighted by Gasteiger charge is 2.34. The van der Waals surface area contributed by atoms with E-state index < -0.39 is 0 Å². The van der Waals surface area contributed by atoms with Crippen molar-refractivity contribution in [3.05, 3.63) is 0 Å². The number of rotatable bonds is 3. The minimum absolute atomic E-state index is 0.0226. The Labute approximate surface area is 84.7 Å². The van der Waals surface area contributed by atoms with Gasteiger partial charge >= 0.3 is 6.03 Å². The molecule has 3 amide bonds. The first-order valence-corrected chi connectivity index (χ1v) is 5.18. The largest absolute Gasteiger partial charge is 0.337 e. The summed E-state index contributed by atoms with van der Waals surface area (Å²) in [6, 6.07) is -0.306. The van der Waals surface area contributed by atoms with Crippen LogP contribution >= 0.6 is 0 Å². The molecule has 1 aliphatic heterocycles. The fourth-order valence-corrected chi connectivity index (χ4v) is 1.74. The van der Waals surface area contributed by atoms with Gasteiger partial charge in [-0.05, 0) is 20.3 Å². The number of nitrogens with zero attached hydrogens (tertiary/aromatic N) is 1. The first-order valence-electron chi connectivity index (χ1n) is 5.18. The lowest BCUT2D eigenvalue weighted by molar-refractivity contribution is -0.135. The minimum Gasteiger partial charge on any atom is -0.337 e. The smallest absolute Gasteiger partial charge is 0.324 e. The van der Waals surface area contributed by atoms with E-state index in [1.807, 2.05) is 20.8 Å². The highest BCUT2D eigenvalue weighted by molar-refractivity contribution is 5.98. The summed E-state index contributed by atoms with van der Waals surface area (Å²) in [4.78, 5) is 24.5. The first-order chi connectivity index (χ1) is 6.57. The quantitative estimate of drug-likeness (QED) is 0.744. The van der Waals surface area contributed by atoms with Gasteiger partial charge in [-0.2, -0.15) is 0 Å². The molecule has 0 aromatic heterocycles. The van der Waals surface area contributed by atoms with E-state index in [0.717, 1.165) is 12.8 Å². The van der Waals surface area contributed by atoms with Crippen molar-refractivity contribution in [2.24, 2.45) is 5.92 Å². The van der Waals surface area contributed by atoms with Gasteiger partial charge in [0.2, 0.25) is 5.91 Å². The summed E-state index contributed by atoms with van der Waals surface area (Å²) in [6.45, 7) is 6.25. The molecule has 1 atom stereocenters. The van der Waals surface area contributed by atoms with Gasteiger partial charge < -0.3 is 5.32 Å². The lowest BCUT2D eigenvalue weighted by Gasteiger charge is -2.33. The van der Waals surface area contributed by atoms with Gasteiger partial charge in [0.05, 0.1) is 5.92 Å². The Morgan fingerprint density at radius 1 is 1.50 bits per heavy atom. The van der Waals surface area contributed by atoms with Gasteiger partial charge in [0.15, 0.2) is 0 Å². The molecule has 1 rings (SSSR count). The summed E-state index contributed by atoms with van der Waals surface area (Å²) in [5.74, 6) is -0.0503. The third-order valence-electron chi connectivity index (χ3n) is 2.46. The average molecular weight is 198 g/mol. The normalized spacial score (nSPS) is 22.9. The summed E-state index contributed by atoms with van der Waals surface area (Å²) < 4.78 is 0. The molecule has 1 aliphatic rings. The molecule has 80 valence electrons. The monoisotopic (exact) mass is 198 g/mol. The summed E-state index contributed by atoms with van der Waals surface area (Å²) in [5.41, 5.74) is 0. The molecule has 1 N–H and O–H groups in total. The van der Waals surface area contributed by atoms with Crippen LogP contribution < -0.4 is 5.32 Å². The van der Waals surface area contributed by atoms with Crippen LogP contribution in [-0.4, -0.2) is 29.4 Å². The molecule has 4 nitrogen and oxygen atoms in total. The Morgan fingerprint density at radius 2 is 2.14 bits per heavy atom. The Morgan fingerprint density at radius 3 is 2.64 bits per heavy atom. The van der Waals surface area contributed by atoms with Crippen LogP contribution in [0.1, 0.15) is 33.6 Å². The second-order valence-corrected chi connectivity index (χ2v) is 3.97. The second-order valence-electron chi connectivity index (χ2n) is 3.97. The zero-order chi connectivity index (χ0) is 10.7. The Bertz CT molecular complexity index is 238. The van der Waals surface area contributed by atoms with Crippen LogP contribution in [0.5, 0.6) is 0 Å². The number of hydrogen-bond donors (Lipinski definition) is 1. The van der Waals surface area contributed by atoms with Crippen molar-refractivity contribution in [1.82, 2.24) is 10.2 Å². The zero-order valence-corrected chi connectivity index (χ0v) is 9.04. The number of imide groups is 1. The maximum Gasteiger partial charge on any atom is 0.324 e. The summed E-state index contributed by atoms with van der Waals surface area (Å²) in [5, 5.41) is 2.74. The molecular weight excluding hydrogens is 180 g/mol. The first kappa shape index (κ1) is 11.0. The van der Waals surface area contributed by atoms with Crippen molar-refractivity contribution in [3.63, 3.8) is 0 Å². The van der Waals surface area contributed by atoms with Crippen LogP contribution in [0.3, 0.4) is 0 Å². The topological polar surface area (TPSA) is 49.4 Å². The molecule has 1 unspecified atom stereocenters. The highest BCUT2D eigenvalue weighted by Crippen LogP contribution is 2.16. The van der Waals surface area contributed by atoms with Gasteiger partial charge in [0, 0.05) is 12.6 Å². The molecule has 1 saturated heterocycles. The average Bonchev–Trinajstić information content (AvgIpc) is 2.10. The lowest BCUT2D eigenvalue weighted by atomic mass is 9.99. The van der Waals surface area contributed by atoms with E-state index >= 15 is 0 Å². The number of hydrogen-bond acceptors (Lipinski definition) is 2. The molecule has 0 aromatic rings. The summed E-state index contributed by atoms with van der Waals surface area (Å²) >= 11 is 0. The van der Waals surface area contributed by atoms with Crippen LogP contribution in [-0.2, 0) is 4.79 Å². The molecule has 0 aromatic carbocycles. The molecule has 0 spiro atoms. The number of carbonyl (C=O) groups excluding carboxylic acids is 2.